The van der Waals surface area contributed by atoms with Crippen LogP contribution in [0.5, 0.6) is 0 Å². The molecule has 0 heteroatoms. The molecule has 186 valence electrons. The summed E-state index contributed by atoms with van der Waals surface area (Å²) in [6, 6.07) is 0. The van der Waals surface area contributed by atoms with E-state index in [9.17, 15) is 0 Å². The molecule has 0 aromatic rings. The molecule has 0 aliphatic heterocycles. The standard InChI is InChI=1S/C30H62.C/c1-25(2)15-11-19-29(7)23-13-21-27(5)17-9-10-18-28(6)22-14-24-30(8)20-12-16-26(3)4;/h25-30H,9-24H2,1-8H3;. The van der Waals surface area contributed by atoms with E-state index in [-0.39, 0.29) is 7.43 Å². The smallest absolute Gasteiger partial charge is 0 e. The van der Waals surface area contributed by atoms with Crippen LogP contribution in [0.3, 0.4) is 0 Å². The first-order chi connectivity index (χ1) is 14.2. The molecule has 4 unspecified atom stereocenters. The van der Waals surface area contributed by atoms with Gasteiger partial charge in [-0.15, -0.1) is 0 Å². The van der Waals surface area contributed by atoms with Crippen molar-refractivity contribution >= 4 is 0 Å². The molecule has 4 radical (unpaired) electrons. The molecule has 0 rings (SSSR count). The van der Waals surface area contributed by atoms with Crippen molar-refractivity contribution in [3.63, 3.8) is 0 Å². The molecular weight excluding hydrogens is 372 g/mol. The zero-order chi connectivity index (χ0) is 22.8. The van der Waals surface area contributed by atoms with E-state index in [4.69, 9.17) is 0 Å². The molecule has 0 aliphatic carbocycles. The molecule has 31 heavy (non-hydrogen) atoms. The summed E-state index contributed by atoms with van der Waals surface area (Å²) < 4.78 is 0. The molecule has 0 N–H and O–H groups in total. The summed E-state index contributed by atoms with van der Waals surface area (Å²) in [4.78, 5) is 0. The summed E-state index contributed by atoms with van der Waals surface area (Å²) in [7, 11) is 0. The Morgan fingerprint density at radius 1 is 0.290 bits per heavy atom. The third-order valence-corrected chi connectivity index (χ3v) is 7.39. The van der Waals surface area contributed by atoms with Crippen molar-refractivity contribution < 1.29 is 0 Å². The molecule has 0 fully saturated rings. The first-order valence-corrected chi connectivity index (χ1v) is 14.2. The second-order valence-electron chi connectivity index (χ2n) is 12.2. The fourth-order valence-corrected chi connectivity index (χ4v) is 4.94. The van der Waals surface area contributed by atoms with Crippen LogP contribution in [-0.4, -0.2) is 0 Å². The Labute approximate surface area is 201 Å². The quantitative estimate of drug-likeness (QED) is 0.157. The molecule has 0 saturated heterocycles. The molecule has 0 amide bonds. The molecule has 0 saturated carbocycles. The lowest BCUT2D eigenvalue weighted by atomic mass is 9.90. The van der Waals surface area contributed by atoms with Gasteiger partial charge < -0.3 is 0 Å². The van der Waals surface area contributed by atoms with Gasteiger partial charge in [-0.25, -0.2) is 0 Å². The zero-order valence-corrected chi connectivity index (χ0v) is 23.3. The van der Waals surface area contributed by atoms with Crippen LogP contribution in [0.1, 0.15) is 158 Å². The molecule has 0 aromatic carbocycles. The third kappa shape index (κ3) is 24.5. The van der Waals surface area contributed by atoms with Crippen molar-refractivity contribution in [2.24, 2.45) is 35.5 Å². The average molecular weight is 435 g/mol. The summed E-state index contributed by atoms with van der Waals surface area (Å²) in [6.45, 7) is 19.3. The molecule has 0 aromatic heterocycles. The van der Waals surface area contributed by atoms with E-state index in [1.165, 1.54) is 103 Å². The van der Waals surface area contributed by atoms with Crippen molar-refractivity contribution in [1.82, 2.24) is 0 Å². The van der Waals surface area contributed by atoms with E-state index in [0.717, 1.165) is 35.5 Å². The Hall–Kier alpha value is 0. The minimum Gasteiger partial charge on any atom is -0.0628 e. The molecule has 0 nitrogen and oxygen atoms in total. The number of hydrogen-bond acceptors (Lipinski definition) is 0. The second-order valence-corrected chi connectivity index (χ2v) is 12.2. The van der Waals surface area contributed by atoms with Gasteiger partial charge in [-0.2, -0.15) is 0 Å². The highest BCUT2D eigenvalue weighted by atomic mass is 14.1. The van der Waals surface area contributed by atoms with E-state index in [2.05, 4.69) is 55.4 Å². The van der Waals surface area contributed by atoms with Gasteiger partial charge in [0.15, 0.2) is 0 Å². The van der Waals surface area contributed by atoms with Crippen molar-refractivity contribution in [2.75, 3.05) is 0 Å². The predicted octanol–water partition coefficient (Wildman–Crippen LogP) is 11.2. The minimum absolute atomic E-state index is 0. The van der Waals surface area contributed by atoms with Gasteiger partial charge in [0.2, 0.25) is 0 Å². The van der Waals surface area contributed by atoms with Crippen LogP contribution in [0.2, 0.25) is 0 Å². The maximum atomic E-state index is 2.49. The van der Waals surface area contributed by atoms with E-state index < -0.39 is 0 Å². The average Bonchev–Trinajstić information content (AvgIpc) is 2.64. The maximum absolute atomic E-state index is 2.49. The van der Waals surface area contributed by atoms with E-state index in [1.54, 1.807) is 0 Å². The first kappa shape index (κ1) is 33.2. The fraction of sp³-hybridized carbons (Fsp3) is 0.968. The van der Waals surface area contributed by atoms with E-state index in [1.807, 2.05) is 0 Å². The monoisotopic (exact) mass is 434 g/mol. The SMILES string of the molecule is CC(C)CCCC(C)CCCC(C)CCCCC(C)CCCC(C)CCCC(C)C.[C]. The van der Waals surface area contributed by atoms with Crippen LogP contribution in [-0.2, 0) is 0 Å². The predicted molar refractivity (Wildman–Crippen MR) is 143 cm³/mol. The first-order valence-electron chi connectivity index (χ1n) is 14.2. The van der Waals surface area contributed by atoms with E-state index in [0.29, 0.717) is 0 Å². The lowest BCUT2D eigenvalue weighted by Crippen LogP contribution is -2.01. The van der Waals surface area contributed by atoms with Crippen LogP contribution in [0.15, 0.2) is 0 Å². The molecule has 4 atom stereocenters. The van der Waals surface area contributed by atoms with Crippen LogP contribution in [0, 0.1) is 42.9 Å². The Balaban J connectivity index is 0. The molecular formula is C31H62. The molecule has 0 bridgehead atoms. The minimum atomic E-state index is 0. The van der Waals surface area contributed by atoms with Crippen LogP contribution in [0.4, 0.5) is 0 Å². The fourth-order valence-electron chi connectivity index (χ4n) is 4.94. The highest BCUT2D eigenvalue weighted by molar-refractivity contribution is 4.62. The van der Waals surface area contributed by atoms with Crippen LogP contribution in [0.25, 0.3) is 0 Å². The Bertz CT molecular complexity index is 308. The van der Waals surface area contributed by atoms with E-state index >= 15 is 0 Å². The van der Waals surface area contributed by atoms with Crippen LogP contribution >= 0.6 is 0 Å². The number of unbranched alkanes of at least 4 members (excludes halogenated alkanes) is 1. The van der Waals surface area contributed by atoms with Gasteiger partial charge in [-0.1, -0.05) is 158 Å². The van der Waals surface area contributed by atoms with Crippen molar-refractivity contribution in [3.8, 4) is 0 Å². The Morgan fingerprint density at radius 3 is 0.710 bits per heavy atom. The van der Waals surface area contributed by atoms with Gasteiger partial charge in [0.1, 0.15) is 0 Å². The van der Waals surface area contributed by atoms with Crippen molar-refractivity contribution in [1.29, 1.82) is 0 Å². The van der Waals surface area contributed by atoms with Crippen molar-refractivity contribution in [3.05, 3.63) is 7.43 Å². The van der Waals surface area contributed by atoms with Gasteiger partial charge in [-0.05, 0) is 35.5 Å². The van der Waals surface area contributed by atoms with Gasteiger partial charge in [0.25, 0.3) is 0 Å². The summed E-state index contributed by atoms with van der Waals surface area (Å²) in [5.74, 6) is 5.51. The summed E-state index contributed by atoms with van der Waals surface area (Å²) >= 11 is 0. The molecule has 0 spiro atoms. The third-order valence-electron chi connectivity index (χ3n) is 7.39. The van der Waals surface area contributed by atoms with Crippen LogP contribution < -0.4 is 0 Å². The normalized spacial score (nSPS) is 15.7. The number of hydrogen-bond donors (Lipinski definition) is 0. The molecule has 0 heterocycles. The highest BCUT2D eigenvalue weighted by Gasteiger charge is 2.09. The molecule has 0 aliphatic rings. The van der Waals surface area contributed by atoms with Gasteiger partial charge in [0.05, 0.1) is 0 Å². The second kappa shape index (κ2) is 21.8. The largest absolute Gasteiger partial charge is 0.0628 e. The van der Waals surface area contributed by atoms with Gasteiger partial charge >= 0.3 is 0 Å². The summed E-state index contributed by atoms with van der Waals surface area (Å²) in [5.41, 5.74) is 0. The summed E-state index contributed by atoms with van der Waals surface area (Å²) in [5, 5.41) is 0. The topological polar surface area (TPSA) is 0 Å². The lowest BCUT2D eigenvalue weighted by Gasteiger charge is -2.16. The Morgan fingerprint density at radius 2 is 0.484 bits per heavy atom. The zero-order valence-electron chi connectivity index (χ0n) is 23.3. The highest BCUT2D eigenvalue weighted by Crippen LogP contribution is 2.24. The summed E-state index contributed by atoms with van der Waals surface area (Å²) in [6.07, 6.45) is 23.2. The lowest BCUT2D eigenvalue weighted by molar-refractivity contribution is 0.369. The maximum Gasteiger partial charge on any atom is 0 e. The van der Waals surface area contributed by atoms with Crippen molar-refractivity contribution in [2.45, 2.75) is 158 Å². The van der Waals surface area contributed by atoms with Gasteiger partial charge in [-0.3, -0.25) is 0 Å². The Kier molecular flexibility index (Phi) is 23.4. The van der Waals surface area contributed by atoms with Gasteiger partial charge in [0, 0.05) is 7.43 Å². The number of rotatable bonds is 21.